The summed E-state index contributed by atoms with van der Waals surface area (Å²) >= 11 is 6.13. The van der Waals surface area contributed by atoms with Gasteiger partial charge in [0.1, 0.15) is 5.75 Å². The van der Waals surface area contributed by atoms with Crippen LogP contribution in [-0.2, 0) is 0 Å². The van der Waals surface area contributed by atoms with Gasteiger partial charge in [-0.15, -0.1) is 0 Å². The molecule has 0 aromatic heterocycles. The van der Waals surface area contributed by atoms with Gasteiger partial charge in [-0.05, 0) is 38.5 Å². The van der Waals surface area contributed by atoms with Gasteiger partial charge in [-0.25, -0.2) is 0 Å². The first-order valence-electron chi connectivity index (χ1n) is 6.36. The maximum atomic E-state index is 6.13. The van der Waals surface area contributed by atoms with Crippen LogP contribution in [0.25, 0.3) is 0 Å². The molecule has 0 spiro atoms. The van der Waals surface area contributed by atoms with Crippen LogP contribution in [0.3, 0.4) is 0 Å². The molecule has 0 fully saturated rings. The Morgan fingerprint density at radius 3 is 2.71 bits per heavy atom. The van der Waals surface area contributed by atoms with Gasteiger partial charge in [0.05, 0.1) is 11.6 Å². The Balaban J connectivity index is 2.57. The molecule has 0 bridgehead atoms. The molecule has 0 aliphatic rings. The Hall–Kier alpha value is -0.890. The number of benzene rings is 1. The van der Waals surface area contributed by atoms with E-state index in [0.717, 1.165) is 11.4 Å². The van der Waals surface area contributed by atoms with Crippen LogP contribution in [0.15, 0.2) is 18.2 Å². The number of hydrogen-bond donors (Lipinski definition) is 1. The number of hydrogen-bond acceptors (Lipinski definition) is 2. The molecule has 1 N–H and O–H groups in total. The summed E-state index contributed by atoms with van der Waals surface area (Å²) in [5.74, 6) is 0.751. The van der Waals surface area contributed by atoms with Crippen LogP contribution < -0.4 is 10.1 Å². The van der Waals surface area contributed by atoms with Crippen molar-refractivity contribution >= 4 is 17.3 Å². The molecule has 0 aliphatic carbocycles. The fourth-order valence-electron chi connectivity index (χ4n) is 1.73. The third kappa shape index (κ3) is 4.86. The zero-order valence-electron chi connectivity index (χ0n) is 10.9. The smallest absolute Gasteiger partial charge is 0.138 e. The molecule has 3 heteroatoms. The summed E-state index contributed by atoms with van der Waals surface area (Å²) in [5.41, 5.74) is 1.06. The van der Waals surface area contributed by atoms with Gasteiger partial charge < -0.3 is 10.1 Å². The highest BCUT2D eigenvalue weighted by Gasteiger charge is 2.05. The van der Waals surface area contributed by atoms with Crippen molar-refractivity contribution in [2.45, 2.75) is 46.1 Å². The van der Waals surface area contributed by atoms with E-state index in [1.807, 2.05) is 25.1 Å². The third-order valence-electron chi connectivity index (χ3n) is 2.64. The van der Waals surface area contributed by atoms with E-state index in [9.17, 15) is 0 Å². The number of ether oxygens (including phenoxy) is 1. The quantitative estimate of drug-likeness (QED) is 0.761. The Morgan fingerprint density at radius 2 is 2.12 bits per heavy atom. The number of halogens is 1. The zero-order chi connectivity index (χ0) is 12.7. The highest BCUT2D eigenvalue weighted by atomic mass is 35.5. The molecule has 0 heterocycles. The fraction of sp³-hybridized carbons (Fsp3) is 0.571. The first-order chi connectivity index (χ1) is 8.17. The number of rotatable bonds is 7. The number of anilines is 1. The van der Waals surface area contributed by atoms with Gasteiger partial charge in [0, 0.05) is 11.7 Å². The maximum Gasteiger partial charge on any atom is 0.138 e. The summed E-state index contributed by atoms with van der Waals surface area (Å²) in [7, 11) is 0. The summed E-state index contributed by atoms with van der Waals surface area (Å²) in [5, 5.41) is 4.11. The second-order valence-corrected chi connectivity index (χ2v) is 4.67. The van der Waals surface area contributed by atoms with Gasteiger partial charge in [-0.3, -0.25) is 0 Å². The molecular formula is C14H22ClNO. The Bertz CT molecular complexity index is 341. The van der Waals surface area contributed by atoms with Crippen molar-refractivity contribution in [3.8, 4) is 5.75 Å². The minimum absolute atomic E-state index is 0.476. The highest BCUT2D eigenvalue weighted by Crippen LogP contribution is 2.28. The predicted octanol–water partition coefficient (Wildman–Crippen LogP) is 4.73. The van der Waals surface area contributed by atoms with Crippen molar-refractivity contribution in [2.24, 2.45) is 0 Å². The average Bonchev–Trinajstić information content (AvgIpc) is 2.30. The monoisotopic (exact) mass is 255 g/mol. The largest absolute Gasteiger partial charge is 0.492 e. The van der Waals surface area contributed by atoms with E-state index in [1.165, 1.54) is 19.3 Å². The van der Waals surface area contributed by atoms with Gasteiger partial charge >= 0.3 is 0 Å². The van der Waals surface area contributed by atoms with Crippen LogP contribution in [0.4, 0.5) is 5.69 Å². The van der Waals surface area contributed by atoms with Crippen molar-refractivity contribution in [2.75, 3.05) is 11.9 Å². The lowest BCUT2D eigenvalue weighted by Gasteiger charge is -2.15. The number of nitrogens with one attached hydrogen (secondary N) is 1. The van der Waals surface area contributed by atoms with Crippen LogP contribution in [-0.4, -0.2) is 12.6 Å². The molecular weight excluding hydrogens is 234 g/mol. The molecule has 0 amide bonds. The van der Waals surface area contributed by atoms with Crippen molar-refractivity contribution in [3.05, 3.63) is 23.2 Å². The highest BCUT2D eigenvalue weighted by molar-refractivity contribution is 6.32. The van der Waals surface area contributed by atoms with Crippen LogP contribution >= 0.6 is 11.6 Å². The van der Waals surface area contributed by atoms with Crippen molar-refractivity contribution in [1.29, 1.82) is 0 Å². The fourth-order valence-corrected chi connectivity index (χ4v) is 1.97. The van der Waals surface area contributed by atoms with E-state index >= 15 is 0 Å². The lowest BCUT2D eigenvalue weighted by Crippen LogP contribution is -2.14. The Labute approximate surface area is 109 Å². The van der Waals surface area contributed by atoms with Crippen LogP contribution in [0.5, 0.6) is 5.75 Å². The summed E-state index contributed by atoms with van der Waals surface area (Å²) in [4.78, 5) is 0. The predicted molar refractivity (Wildman–Crippen MR) is 75.2 cm³/mol. The first-order valence-corrected chi connectivity index (χ1v) is 6.74. The molecule has 96 valence electrons. The topological polar surface area (TPSA) is 21.3 Å². The van der Waals surface area contributed by atoms with E-state index in [1.54, 1.807) is 0 Å². The molecule has 17 heavy (non-hydrogen) atoms. The second kappa shape index (κ2) is 7.44. The summed E-state index contributed by atoms with van der Waals surface area (Å²) < 4.78 is 5.40. The summed E-state index contributed by atoms with van der Waals surface area (Å²) in [6.45, 7) is 7.00. The van der Waals surface area contributed by atoms with Gasteiger partial charge in [0.25, 0.3) is 0 Å². The minimum Gasteiger partial charge on any atom is -0.492 e. The van der Waals surface area contributed by atoms with Crippen LogP contribution in [0, 0.1) is 0 Å². The standard InChI is InChI=1S/C14H22ClNO/c1-4-6-7-11(3)16-12-8-9-14(17-5-2)13(15)10-12/h8-11,16H,4-7H2,1-3H3. The van der Waals surface area contributed by atoms with E-state index in [4.69, 9.17) is 16.3 Å². The van der Waals surface area contributed by atoms with E-state index in [2.05, 4.69) is 19.2 Å². The van der Waals surface area contributed by atoms with Crippen molar-refractivity contribution in [3.63, 3.8) is 0 Å². The average molecular weight is 256 g/mol. The lowest BCUT2D eigenvalue weighted by atomic mass is 10.1. The minimum atomic E-state index is 0.476. The Morgan fingerprint density at radius 1 is 1.35 bits per heavy atom. The molecule has 1 aromatic carbocycles. The van der Waals surface area contributed by atoms with Gasteiger partial charge in [-0.2, -0.15) is 0 Å². The zero-order valence-corrected chi connectivity index (χ0v) is 11.7. The lowest BCUT2D eigenvalue weighted by molar-refractivity contribution is 0.340. The molecule has 1 rings (SSSR count). The van der Waals surface area contributed by atoms with Gasteiger partial charge in [0.15, 0.2) is 0 Å². The summed E-state index contributed by atoms with van der Waals surface area (Å²) in [6, 6.07) is 6.33. The van der Waals surface area contributed by atoms with Crippen molar-refractivity contribution < 1.29 is 4.74 Å². The maximum absolute atomic E-state index is 6.13. The van der Waals surface area contributed by atoms with E-state index in [-0.39, 0.29) is 0 Å². The van der Waals surface area contributed by atoms with E-state index in [0.29, 0.717) is 17.7 Å². The molecule has 0 aliphatic heterocycles. The van der Waals surface area contributed by atoms with Crippen LogP contribution in [0.1, 0.15) is 40.0 Å². The number of unbranched alkanes of at least 4 members (excludes halogenated alkanes) is 1. The summed E-state index contributed by atoms with van der Waals surface area (Å²) in [6.07, 6.45) is 3.66. The van der Waals surface area contributed by atoms with Crippen molar-refractivity contribution in [1.82, 2.24) is 0 Å². The Kier molecular flexibility index (Phi) is 6.20. The normalized spacial score (nSPS) is 12.2. The molecule has 1 atom stereocenters. The molecule has 2 nitrogen and oxygen atoms in total. The van der Waals surface area contributed by atoms with Gasteiger partial charge in [0.2, 0.25) is 0 Å². The molecule has 1 unspecified atom stereocenters. The SMILES string of the molecule is CCCCC(C)Nc1ccc(OCC)c(Cl)c1. The molecule has 0 radical (unpaired) electrons. The third-order valence-corrected chi connectivity index (χ3v) is 2.93. The van der Waals surface area contributed by atoms with E-state index < -0.39 is 0 Å². The molecule has 1 aromatic rings. The first kappa shape index (κ1) is 14.2. The molecule has 0 saturated carbocycles. The van der Waals surface area contributed by atoms with Crippen LogP contribution in [0.2, 0.25) is 5.02 Å². The second-order valence-electron chi connectivity index (χ2n) is 4.27. The molecule has 0 saturated heterocycles. The van der Waals surface area contributed by atoms with Gasteiger partial charge in [-0.1, -0.05) is 31.4 Å².